The van der Waals surface area contributed by atoms with Gasteiger partial charge in [-0.2, -0.15) is 0 Å². The van der Waals surface area contributed by atoms with E-state index in [0.29, 0.717) is 6.04 Å². The lowest BCUT2D eigenvalue weighted by Gasteiger charge is -2.26. The third-order valence-electron chi connectivity index (χ3n) is 5.95. The van der Waals surface area contributed by atoms with Crippen LogP contribution in [-0.4, -0.2) is 28.9 Å². The fourth-order valence-corrected chi connectivity index (χ4v) is 4.29. The van der Waals surface area contributed by atoms with Crippen molar-refractivity contribution in [2.75, 3.05) is 6.54 Å². The molecule has 0 aromatic carbocycles. The van der Waals surface area contributed by atoms with Crippen LogP contribution in [0.15, 0.2) is 4.99 Å². The summed E-state index contributed by atoms with van der Waals surface area (Å²) in [6.07, 6.45) is 22.7. The molecule has 1 aliphatic heterocycles. The maximum atomic E-state index is 4.97. The Morgan fingerprint density at radius 3 is 1.56 bits per heavy atom. The summed E-state index contributed by atoms with van der Waals surface area (Å²) in [5.74, 6) is 1.37. The molecule has 0 radical (unpaired) electrons. The first-order valence-electron chi connectivity index (χ1n) is 12.3. The number of hydrogen-bond acceptors (Lipinski definition) is 2. The molecule has 27 heavy (non-hydrogen) atoms. The zero-order valence-electron chi connectivity index (χ0n) is 19.5. The van der Waals surface area contributed by atoms with E-state index in [1.54, 1.807) is 0 Å². The van der Waals surface area contributed by atoms with Crippen LogP contribution in [-0.2, 0) is 0 Å². The predicted molar refractivity (Wildman–Crippen MR) is 123 cm³/mol. The Morgan fingerprint density at radius 1 is 0.741 bits per heavy atom. The number of hydrogen-bond donors (Lipinski definition) is 0. The van der Waals surface area contributed by atoms with Crippen LogP contribution in [0.2, 0.25) is 0 Å². The van der Waals surface area contributed by atoms with E-state index >= 15 is 0 Å². The molecule has 1 heterocycles. The molecule has 0 unspecified atom stereocenters. The van der Waals surface area contributed by atoms with Crippen molar-refractivity contribution >= 4 is 5.84 Å². The van der Waals surface area contributed by atoms with Crippen LogP contribution in [0.1, 0.15) is 137 Å². The molecule has 0 saturated heterocycles. The van der Waals surface area contributed by atoms with E-state index in [0.717, 1.165) is 6.54 Å². The minimum Gasteiger partial charge on any atom is -0.356 e. The van der Waals surface area contributed by atoms with Gasteiger partial charge in [0.05, 0.1) is 11.4 Å². The van der Waals surface area contributed by atoms with Crippen molar-refractivity contribution in [3.63, 3.8) is 0 Å². The number of amidine groups is 1. The van der Waals surface area contributed by atoms with Gasteiger partial charge in [-0.15, -0.1) is 0 Å². The van der Waals surface area contributed by atoms with Crippen molar-refractivity contribution < 1.29 is 0 Å². The van der Waals surface area contributed by atoms with Gasteiger partial charge < -0.3 is 4.90 Å². The summed E-state index contributed by atoms with van der Waals surface area (Å²) in [5, 5.41) is 0. The number of nitrogens with zero attached hydrogens (tertiary/aromatic N) is 2. The first-order chi connectivity index (χ1) is 13.0. The van der Waals surface area contributed by atoms with Crippen LogP contribution in [0.25, 0.3) is 0 Å². The summed E-state index contributed by atoms with van der Waals surface area (Å²) in [7, 11) is 0. The van der Waals surface area contributed by atoms with Crippen LogP contribution in [0.3, 0.4) is 0 Å². The normalized spacial score (nSPS) is 16.4. The third kappa shape index (κ3) is 11.8. The van der Waals surface area contributed by atoms with Crippen LogP contribution in [0.5, 0.6) is 0 Å². The van der Waals surface area contributed by atoms with Crippen LogP contribution in [0, 0.1) is 0 Å². The van der Waals surface area contributed by atoms with Crippen LogP contribution in [0.4, 0.5) is 0 Å². The average Bonchev–Trinajstić information content (AvgIpc) is 2.93. The van der Waals surface area contributed by atoms with Gasteiger partial charge in [0.25, 0.3) is 0 Å². The van der Waals surface area contributed by atoms with E-state index in [1.165, 1.54) is 109 Å². The summed E-state index contributed by atoms with van der Waals surface area (Å²) in [6.45, 7) is 12.5. The molecule has 0 aromatic heterocycles. The first kappa shape index (κ1) is 24.5. The Kier molecular flexibility index (Phi) is 13.1. The Bertz CT molecular complexity index is 384. The predicted octanol–water partition coefficient (Wildman–Crippen LogP) is 8.15. The SMILES string of the molecule is CCCCCCCCCCCCCCCCCC1=NC(C)(C)CN1C(C)C. The molecule has 160 valence electrons. The van der Waals surface area contributed by atoms with Gasteiger partial charge in [-0.1, -0.05) is 96.8 Å². The number of aliphatic imine (C=N–C) groups is 1. The second-order valence-electron chi connectivity index (χ2n) is 9.76. The van der Waals surface area contributed by atoms with Crippen molar-refractivity contribution in [3.8, 4) is 0 Å². The van der Waals surface area contributed by atoms with Crippen molar-refractivity contribution in [1.82, 2.24) is 4.90 Å². The summed E-state index contributed by atoms with van der Waals surface area (Å²) in [5.41, 5.74) is 0.120. The lowest BCUT2D eigenvalue weighted by molar-refractivity contribution is 0.320. The van der Waals surface area contributed by atoms with Gasteiger partial charge in [0.2, 0.25) is 0 Å². The molecule has 0 amide bonds. The van der Waals surface area contributed by atoms with Gasteiger partial charge in [-0.05, 0) is 34.1 Å². The van der Waals surface area contributed by atoms with Gasteiger partial charge in [0, 0.05) is 19.0 Å². The van der Waals surface area contributed by atoms with Crippen molar-refractivity contribution in [2.45, 2.75) is 149 Å². The van der Waals surface area contributed by atoms with E-state index in [4.69, 9.17) is 4.99 Å². The van der Waals surface area contributed by atoms with Crippen molar-refractivity contribution in [2.24, 2.45) is 4.99 Å². The standard InChI is InChI=1S/C25H50N2/c1-6-7-8-9-10-11-12-13-14-15-16-17-18-19-20-21-24-26-25(4,5)22-27(24)23(2)3/h23H,6-22H2,1-5H3. The summed E-state index contributed by atoms with van der Waals surface area (Å²) < 4.78 is 0. The number of unbranched alkanes of at least 4 members (excludes halogenated alkanes) is 14. The average molecular weight is 379 g/mol. The molecule has 0 bridgehead atoms. The fraction of sp³-hybridized carbons (Fsp3) is 0.960. The molecule has 0 saturated carbocycles. The summed E-state index contributed by atoms with van der Waals surface area (Å²) >= 11 is 0. The molecule has 0 spiro atoms. The lowest BCUT2D eigenvalue weighted by atomic mass is 10.0. The molecular weight excluding hydrogens is 328 g/mol. The van der Waals surface area contributed by atoms with Crippen LogP contribution >= 0.6 is 0 Å². The molecule has 0 N–H and O–H groups in total. The zero-order valence-corrected chi connectivity index (χ0v) is 19.5. The van der Waals surface area contributed by atoms with Gasteiger partial charge in [-0.25, -0.2) is 0 Å². The second-order valence-corrected chi connectivity index (χ2v) is 9.76. The highest BCUT2D eigenvalue weighted by Gasteiger charge is 2.31. The van der Waals surface area contributed by atoms with Crippen LogP contribution < -0.4 is 0 Å². The Morgan fingerprint density at radius 2 is 1.15 bits per heavy atom. The van der Waals surface area contributed by atoms with E-state index in [9.17, 15) is 0 Å². The summed E-state index contributed by atoms with van der Waals surface area (Å²) in [4.78, 5) is 7.49. The smallest absolute Gasteiger partial charge is 0.0999 e. The molecule has 2 nitrogen and oxygen atoms in total. The minimum absolute atomic E-state index is 0.120. The van der Waals surface area contributed by atoms with E-state index in [-0.39, 0.29) is 5.54 Å². The van der Waals surface area contributed by atoms with E-state index in [2.05, 4.69) is 39.5 Å². The highest BCUT2D eigenvalue weighted by Crippen LogP contribution is 2.24. The van der Waals surface area contributed by atoms with Gasteiger partial charge >= 0.3 is 0 Å². The number of rotatable bonds is 17. The Balaban J connectivity index is 1.89. The molecule has 0 fully saturated rings. The molecule has 1 rings (SSSR count). The maximum Gasteiger partial charge on any atom is 0.0999 e. The molecule has 0 aromatic rings. The second kappa shape index (κ2) is 14.5. The zero-order chi connectivity index (χ0) is 20.0. The fourth-order valence-electron chi connectivity index (χ4n) is 4.29. The maximum absolute atomic E-state index is 4.97. The monoisotopic (exact) mass is 378 g/mol. The highest BCUT2D eigenvalue weighted by molar-refractivity contribution is 5.84. The molecule has 1 aliphatic rings. The molecular formula is C25H50N2. The van der Waals surface area contributed by atoms with Crippen molar-refractivity contribution in [3.05, 3.63) is 0 Å². The molecule has 2 heteroatoms. The third-order valence-corrected chi connectivity index (χ3v) is 5.95. The van der Waals surface area contributed by atoms with Gasteiger partial charge in [0.1, 0.15) is 0 Å². The summed E-state index contributed by atoms with van der Waals surface area (Å²) in [6, 6.07) is 0.585. The van der Waals surface area contributed by atoms with E-state index in [1.807, 2.05) is 0 Å². The van der Waals surface area contributed by atoms with E-state index < -0.39 is 0 Å². The molecule has 0 aliphatic carbocycles. The molecule has 0 atom stereocenters. The lowest BCUT2D eigenvalue weighted by Crippen LogP contribution is -2.37. The largest absolute Gasteiger partial charge is 0.356 e. The first-order valence-corrected chi connectivity index (χ1v) is 12.3. The minimum atomic E-state index is 0.120. The highest BCUT2D eigenvalue weighted by atomic mass is 15.3. The topological polar surface area (TPSA) is 15.6 Å². The van der Waals surface area contributed by atoms with Crippen molar-refractivity contribution in [1.29, 1.82) is 0 Å². The van der Waals surface area contributed by atoms with Gasteiger partial charge in [0.15, 0.2) is 0 Å². The Hall–Kier alpha value is -0.530. The quantitative estimate of drug-likeness (QED) is 0.233. The van der Waals surface area contributed by atoms with Gasteiger partial charge in [-0.3, -0.25) is 4.99 Å². The Labute approximate surface area is 171 Å².